The van der Waals surface area contributed by atoms with E-state index < -0.39 is 17.6 Å². The number of aliphatic carboxylic acids is 1. The smallest absolute Gasteiger partial charge is 0.329 e. The first kappa shape index (κ1) is 29.1. The summed E-state index contributed by atoms with van der Waals surface area (Å²) in [6.07, 6.45) is 2.33. The predicted octanol–water partition coefficient (Wildman–Crippen LogP) is 5.31. The molecule has 2 heterocycles. The SMILES string of the molecule is COCc1cnc([C@H]2[C@@H](COC)C[C@@](CC(C)C)(C(=O)O)N2C(=O)c2ccc(C(C)(C)C)c(OC)c2)s1. The number of carbonyl (C=O) groups excluding carboxylic acids is 1. The van der Waals surface area contributed by atoms with E-state index in [-0.39, 0.29) is 29.6 Å². The summed E-state index contributed by atoms with van der Waals surface area (Å²) < 4.78 is 16.5. The second kappa shape index (κ2) is 11.5. The first-order valence-electron chi connectivity index (χ1n) is 12.6. The molecule has 3 atom stereocenters. The van der Waals surface area contributed by atoms with Gasteiger partial charge in [0, 0.05) is 31.9 Å². The highest BCUT2D eigenvalue weighted by Gasteiger charge is 2.59. The summed E-state index contributed by atoms with van der Waals surface area (Å²) in [7, 11) is 4.80. The van der Waals surface area contributed by atoms with Crippen LogP contribution >= 0.6 is 11.3 Å². The molecule has 1 aromatic heterocycles. The largest absolute Gasteiger partial charge is 0.496 e. The maximum absolute atomic E-state index is 14.4. The molecule has 0 bridgehead atoms. The van der Waals surface area contributed by atoms with E-state index in [0.29, 0.717) is 36.0 Å². The van der Waals surface area contributed by atoms with Crippen molar-refractivity contribution < 1.29 is 28.9 Å². The first-order chi connectivity index (χ1) is 17.4. The van der Waals surface area contributed by atoms with Crippen molar-refractivity contribution in [1.29, 1.82) is 0 Å². The summed E-state index contributed by atoms with van der Waals surface area (Å²) in [5.74, 6) is -0.949. The number of carboxylic acids is 1. The number of likely N-dealkylation sites (tertiary alicyclic amines) is 1. The number of rotatable bonds is 10. The van der Waals surface area contributed by atoms with Crippen LogP contribution in [0.2, 0.25) is 0 Å². The molecule has 204 valence electrons. The monoisotopic (exact) mass is 532 g/mol. The Bertz CT molecular complexity index is 1110. The fourth-order valence-corrected chi connectivity index (χ4v) is 6.58. The Morgan fingerprint density at radius 2 is 1.92 bits per heavy atom. The molecule has 8 nitrogen and oxygen atoms in total. The van der Waals surface area contributed by atoms with Crippen molar-refractivity contribution in [3.8, 4) is 5.75 Å². The molecule has 37 heavy (non-hydrogen) atoms. The van der Waals surface area contributed by atoms with Crippen LogP contribution in [0.4, 0.5) is 0 Å². The van der Waals surface area contributed by atoms with E-state index in [4.69, 9.17) is 14.2 Å². The van der Waals surface area contributed by atoms with E-state index >= 15 is 0 Å². The normalized spacial score (nSPS) is 22.0. The number of carbonyl (C=O) groups is 2. The molecule has 0 spiro atoms. The summed E-state index contributed by atoms with van der Waals surface area (Å²) in [6.45, 7) is 10.9. The molecule has 1 N–H and O–H groups in total. The van der Waals surface area contributed by atoms with Gasteiger partial charge in [0.15, 0.2) is 0 Å². The minimum absolute atomic E-state index is 0.0477. The highest BCUT2D eigenvalue weighted by Crippen LogP contribution is 2.51. The average molecular weight is 533 g/mol. The van der Waals surface area contributed by atoms with Crippen molar-refractivity contribution in [3.63, 3.8) is 0 Å². The molecule has 1 fully saturated rings. The summed E-state index contributed by atoms with van der Waals surface area (Å²) in [6, 6.07) is 4.84. The lowest BCUT2D eigenvalue weighted by Gasteiger charge is -2.39. The molecule has 3 rings (SSSR count). The molecule has 0 saturated carbocycles. The molecule has 1 aromatic carbocycles. The molecule has 1 amide bonds. The molecular weight excluding hydrogens is 492 g/mol. The van der Waals surface area contributed by atoms with Gasteiger partial charge in [-0.15, -0.1) is 11.3 Å². The zero-order valence-electron chi connectivity index (χ0n) is 23.2. The number of aromatic nitrogens is 1. The van der Waals surface area contributed by atoms with Crippen LogP contribution in [0.3, 0.4) is 0 Å². The number of benzene rings is 1. The number of methoxy groups -OCH3 is 3. The van der Waals surface area contributed by atoms with E-state index in [1.54, 1.807) is 44.6 Å². The lowest BCUT2D eigenvalue weighted by Crippen LogP contribution is -2.54. The second-order valence-corrected chi connectivity index (χ2v) is 12.4. The Balaban J connectivity index is 2.21. The van der Waals surface area contributed by atoms with E-state index in [1.165, 1.54) is 11.3 Å². The topological polar surface area (TPSA) is 98.2 Å². The fourth-order valence-electron chi connectivity index (χ4n) is 5.50. The minimum Gasteiger partial charge on any atom is -0.496 e. The van der Waals surface area contributed by atoms with E-state index in [0.717, 1.165) is 10.4 Å². The zero-order valence-corrected chi connectivity index (χ0v) is 24.0. The van der Waals surface area contributed by atoms with Gasteiger partial charge in [0.1, 0.15) is 16.3 Å². The van der Waals surface area contributed by atoms with Gasteiger partial charge in [-0.3, -0.25) is 4.79 Å². The third-order valence-corrected chi connectivity index (χ3v) is 7.94. The van der Waals surface area contributed by atoms with Gasteiger partial charge in [0.2, 0.25) is 0 Å². The Morgan fingerprint density at radius 1 is 1.22 bits per heavy atom. The Labute approximate surface area is 223 Å². The molecule has 1 aliphatic rings. The maximum atomic E-state index is 14.4. The van der Waals surface area contributed by atoms with Gasteiger partial charge in [-0.05, 0) is 41.9 Å². The molecular formula is C28H40N2O6S. The third-order valence-electron chi connectivity index (χ3n) is 6.90. The number of thiazole rings is 1. The molecule has 0 radical (unpaired) electrons. The van der Waals surface area contributed by atoms with Gasteiger partial charge in [-0.1, -0.05) is 40.7 Å². The number of amides is 1. The molecule has 9 heteroatoms. The Hall–Kier alpha value is -2.49. The van der Waals surface area contributed by atoms with Crippen molar-refractivity contribution >= 4 is 23.2 Å². The van der Waals surface area contributed by atoms with Gasteiger partial charge >= 0.3 is 5.97 Å². The Morgan fingerprint density at radius 3 is 2.46 bits per heavy atom. The Kier molecular flexibility index (Phi) is 9.03. The maximum Gasteiger partial charge on any atom is 0.329 e. The van der Waals surface area contributed by atoms with E-state index in [1.807, 2.05) is 19.9 Å². The van der Waals surface area contributed by atoms with Crippen LogP contribution in [0.25, 0.3) is 0 Å². The van der Waals surface area contributed by atoms with Gasteiger partial charge in [0.05, 0.1) is 31.2 Å². The van der Waals surface area contributed by atoms with Crippen LogP contribution in [-0.2, 0) is 26.3 Å². The average Bonchev–Trinajstić information content (AvgIpc) is 3.40. The quantitative estimate of drug-likeness (QED) is 0.442. The van der Waals surface area contributed by atoms with Crippen LogP contribution in [0.5, 0.6) is 5.75 Å². The molecule has 1 aliphatic heterocycles. The second-order valence-electron chi connectivity index (χ2n) is 11.2. The van der Waals surface area contributed by atoms with Crippen molar-refractivity contribution in [2.45, 2.75) is 71.1 Å². The summed E-state index contributed by atoms with van der Waals surface area (Å²) in [5, 5.41) is 11.4. The van der Waals surface area contributed by atoms with E-state index in [2.05, 4.69) is 25.8 Å². The molecule has 2 aromatic rings. The highest BCUT2D eigenvalue weighted by atomic mass is 32.1. The zero-order chi connectivity index (χ0) is 27.5. The van der Waals surface area contributed by atoms with Crippen LogP contribution in [-0.4, -0.2) is 60.3 Å². The van der Waals surface area contributed by atoms with Crippen LogP contribution < -0.4 is 4.74 Å². The molecule has 1 saturated heterocycles. The molecule has 0 aliphatic carbocycles. The van der Waals surface area contributed by atoms with Crippen LogP contribution in [0.15, 0.2) is 24.4 Å². The third kappa shape index (κ3) is 5.84. The number of hydrogen-bond donors (Lipinski definition) is 1. The number of nitrogens with zero attached hydrogens (tertiary/aromatic N) is 2. The summed E-state index contributed by atoms with van der Waals surface area (Å²) in [4.78, 5) is 34.5. The van der Waals surface area contributed by atoms with Crippen molar-refractivity contribution in [3.05, 3.63) is 45.4 Å². The van der Waals surface area contributed by atoms with E-state index in [9.17, 15) is 14.7 Å². The number of hydrogen-bond acceptors (Lipinski definition) is 7. The van der Waals surface area contributed by atoms with Gasteiger partial charge in [0.25, 0.3) is 5.91 Å². The highest BCUT2D eigenvalue weighted by molar-refractivity contribution is 7.11. The lowest BCUT2D eigenvalue weighted by atomic mass is 9.83. The predicted molar refractivity (Wildman–Crippen MR) is 143 cm³/mol. The van der Waals surface area contributed by atoms with Crippen molar-refractivity contribution in [2.75, 3.05) is 27.9 Å². The van der Waals surface area contributed by atoms with Crippen LogP contribution in [0, 0.1) is 11.8 Å². The van der Waals surface area contributed by atoms with Crippen LogP contribution in [0.1, 0.15) is 79.3 Å². The number of ether oxygens (including phenoxy) is 3. The van der Waals surface area contributed by atoms with Gasteiger partial charge < -0.3 is 24.2 Å². The lowest BCUT2D eigenvalue weighted by molar-refractivity contribution is -0.150. The minimum atomic E-state index is -1.40. The first-order valence-corrected chi connectivity index (χ1v) is 13.4. The summed E-state index contributed by atoms with van der Waals surface area (Å²) >= 11 is 1.44. The van der Waals surface area contributed by atoms with Crippen molar-refractivity contribution in [2.24, 2.45) is 11.8 Å². The summed E-state index contributed by atoms with van der Waals surface area (Å²) in [5.41, 5.74) is -0.232. The number of carboxylic acid groups (broad SMARTS) is 1. The van der Waals surface area contributed by atoms with Gasteiger partial charge in [-0.2, -0.15) is 0 Å². The van der Waals surface area contributed by atoms with Crippen molar-refractivity contribution in [1.82, 2.24) is 9.88 Å². The standard InChI is InChI=1S/C28H40N2O6S/c1-17(2)12-28(26(32)33)13-19(15-34-6)23(24-29-14-20(37-24)16-35-7)30(28)25(31)18-9-10-21(27(3,4)5)22(11-18)36-8/h9-11,14,17,19,23H,12-13,15-16H2,1-8H3,(H,32,33)/t19-,23-,28+/m1/s1. The fraction of sp³-hybridized carbons (Fsp3) is 0.607. The molecule has 0 unspecified atom stereocenters. The van der Waals surface area contributed by atoms with Gasteiger partial charge in [-0.25, -0.2) is 9.78 Å².